The van der Waals surface area contributed by atoms with Gasteiger partial charge in [-0.3, -0.25) is 9.28 Å². The van der Waals surface area contributed by atoms with Crippen molar-refractivity contribution in [2.75, 3.05) is 20.6 Å². The van der Waals surface area contributed by atoms with Crippen molar-refractivity contribution in [1.29, 1.82) is 0 Å². The number of Topliss-reactive ketones (excluding diaryl/α,β-unsaturated/α-hetero) is 1. The Hall–Kier alpha value is -0.730. The average molecular weight is 635 g/mol. The molecule has 0 saturated carbocycles. The lowest BCUT2D eigenvalue weighted by Gasteiger charge is -2.32. The summed E-state index contributed by atoms with van der Waals surface area (Å²) in [6, 6.07) is 0. The third-order valence-corrected chi connectivity index (χ3v) is 9.40. The van der Waals surface area contributed by atoms with E-state index in [-0.39, 0.29) is 16.7 Å². The number of hydrogen-bond donors (Lipinski definition) is 4. The van der Waals surface area contributed by atoms with E-state index in [4.69, 9.17) is 10.2 Å². The van der Waals surface area contributed by atoms with Crippen LogP contribution in [-0.4, -0.2) is 75.6 Å². The molecule has 0 heterocycles. The van der Waals surface area contributed by atoms with Gasteiger partial charge in [-0.05, 0) is 45.4 Å². The van der Waals surface area contributed by atoms with E-state index >= 15 is 0 Å². The first-order chi connectivity index (χ1) is 20.4. The number of carbonyl (C=O) groups excluding carboxylic acids is 1. The van der Waals surface area contributed by atoms with Gasteiger partial charge >= 0.3 is 8.03 Å². The lowest BCUT2D eigenvalue weighted by Crippen LogP contribution is -2.49. The van der Waals surface area contributed by atoms with Gasteiger partial charge in [0.2, 0.25) is 0 Å². The molecule has 0 fully saturated rings. The van der Waals surface area contributed by atoms with Crippen molar-refractivity contribution in [2.45, 2.75) is 180 Å². The molecule has 256 valence electrons. The summed E-state index contributed by atoms with van der Waals surface area (Å²) in [4.78, 5) is 22.6. The van der Waals surface area contributed by atoms with Gasteiger partial charge in [0, 0.05) is 19.3 Å². The first-order valence-electron chi connectivity index (χ1n) is 17.3. The van der Waals surface area contributed by atoms with Crippen LogP contribution in [0.4, 0.5) is 0 Å². The van der Waals surface area contributed by atoms with Gasteiger partial charge in [0.15, 0.2) is 12.1 Å². The first kappa shape index (κ1) is 44.4. The molecule has 0 spiro atoms. The largest absolute Gasteiger partial charge is 0.591 e. The minimum Gasteiger partial charge on any atom is -0.591 e. The van der Waals surface area contributed by atoms with Crippen molar-refractivity contribution >= 4 is 13.8 Å². The van der Waals surface area contributed by atoms with Crippen molar-refractivity contribution in [3.63, 3.8) is 0 Å². The van der Waals surface area contributed by atoms with E-state index in [1.165, 1.54) is 103 Å². The molecule has 0 bridgehead atoms. The number of unbranched alkanes of at least 4 members (excludes halogenated alkanes) is 15. The Bertz CT molecular complexity index is 686. The predicted octanol–water partition coefficient (Wildman–Crippen LogP) is 6.89. The molecule has 0 aliphatic heterocycles. The van der Waals surface area contributed by atoms with E-state index in [1.54, 1.807) is 14.1 Å². The highest BCUT2D eigenvalue weighted by molar-refractivity contribution is 7.37. The molecule has 43 heavy (non-hydrogen) atoms. The SMILES string of the molecule is CCCC([P+](=O)[O-])[N+](C)(C)CCC(O)O.CCCCCCCC/C=C\CCCCCCCCCCCC(=O)C(O)C(C)O. The molecule has 0 radical (unpaired) electrons. The normalized spacial score (nSPS) is 14.4. The van der Waals surface area contributed by atoms with Crippen molar-refractivity contribution in [2.24, 2.45) is 0 Å². The number of aliphatic hydroxyl groups excluding tert-OH is 3. The van der Waals surface area contributed by atoms with Crippen molar-refractivity contribution < 1.29 is 39.2 Å². The summed E-state index contributed by atoms with van der Waals surface area (Å²) in [5.74, 6) is -0.667. The minimum atomic E-state index is -2.48. The predicted molar refractivity (Wildman–Crippen MR) is 177 cm³/mol. The second-order valence-corrected chi connectivity index (χ2v) is 13.9. The van der Waals surface area contributed by atoms with Gasteiger partial charge in [-0.1, -0.05) is 108 Å². The minimum absolute atomic E-state index is 0.191. The number of nitrogens with zero attached hydrogens (tertiary/aromatic N) is 1. The maximum atomic E-state index is 11.6. The Balaban J connectivity index is 0. The van der Waals surface area contributed by atoms with Crippen LogP contribution in [0.25, 0.3) is 0 Å². The third-order valence-electron chi connectivity index (χ3n) is 8.03. The zero-order valence-corrected chi connectivity index (χ0v) is 29.3. The number of ketones is 1. The highest BCUT2D eigenvalue weighted by atomic mass is 31.1. The number of hydrogen-bond acceptors (Lipinski definition) is 7. The lowest BCUT2D eigenvalue weighted by atomic mass is 10.0. The molecule has 9 heteroatoms. The van der Waals surface area contributed by atoms with Crippen molar-refractivity contribution in [1.82, 2.24) is 0 Å². The van der Waals surface area contributed by atoms with Crippen LogP contribution in [0.15, 0.2) is 12.2 Å². The molecule has 0 aromatic rings. The van der Waals surface area contributed by atoms with E-state index in [9.17, 15) is 24.5 Å². The monoisotopic (exact) mass is 634 g/mol. The standard InChI is InChI=1S/C25H48O3.C9H21NO4P/c1-3-4-5-6-7-8-9-10-11-12-13-14-15-16-17-18-19-20-21-22-24(27)25(28)23(2)26;1-4-5-8(15(13)14)10(2,3)7-6-9(11)12/h10-11,23,25-26,28H,3-9,12-22H2,1-2H3;8-9,11-12H,4-7H2,1-3H3/q;+1/b11-10-;. The summed E-state index contributed by atoms with van der Waals surface area (Å²) in [6.07, 6.45) is 24.9. The zero-order chi connectivity index (χ0) is 32.9. The molecule has 0 aliphatic rings. The van der Waals surface area contributed by atoms with Crippen LogP contribution in [-0.2, 0) is 9.36 Å². The molecule has 8 nitrogen and oxygen atoms in total. The highest BCUT2D eigenvalue weighted by Crippen LogP contribution is 2.30. The summed E-state index contributed by atoms with van der Waals surface area (Å²) >= 11 is 0. The fourth-order valence-corrected chi connectivity index (χ4v) is 6.15. The fraction of sp³-hybridized carbons (Fsp3) is 0.912. The second-order valence-electron chi connectivity index (χ2n) is 12.7. The van der Waals surface area contributed by atoms with E-state index in [1.807, 2.05) is 6.92 Å². The van der Waals surface area contributed by atoms with Crippen LogP contribution in [0.5, 0.6) is 0 Å². The van der Waals surface area contributed by atoms with E-state index in [2.05, 4.69) is 19.1 Å². The van der Waals surface area contributed by atoms with Gasteiger partial charge in [-0.15, -0.1) is 0 Å². The molecular weight excluding hydrogens is 565 g/mol. The summed E-state index contributed by atoms with van der Waals surface area (Å²) in [6.45, 7) is 6.10. The number of aliphatic hydroxyl groups is 4. The van der Waals surface area contributed by atoms with E-state index < -0.39 is 32.3 Å². The smallest absolute Gasteiger partial charge is 0.373 e. The van der Waals surface area contributed by atoms with Crippen LogP contribution < -0.4 is 4.89 Å². The van der Waals surface area contributed by atoms with Crippen molar-refractivity contribution in [3.8, 4) is 0 Å². The lowest BCUT2D eigenvalue weighted by molar-refractivity contribution is -0.903. The molecule has 4 unspecified atom stereocenters. The van der Waals surface area contributed by atoms with Gasteiger partial charge in [-0.25, -0.2) is 0 Å². The molecular formula is C34H69NO7P+. The summed E-state index contributed by atoms with van der Waals surface area (Å²) in [5.41, 5.74) is 0. The highest BCUT2D eigenvalue weighted by Gasteiger charge is 2.37. The van der Waals surface area contributed by atoms with Gasteiger partial charge in [0.25, 0.3) is 5.78 Å². The summed E-state index contributed by atoms with van der Waals surface area (Å²) in [7, 11) is 1.12. The van der Waals surface area contributed by atoms with Gasteiger partial charge in [0.05, 0.1) is 26.7 Å². The number of allylic oxidation sites excluding steroid dienone is 2. The molecule has 0 amide bonds. The quantitative estimate of drug-likeness (QED) is 0.0242. The fourth-order valence-electron chi connectivity index (χ4n) is 5.06. The maximum Gasteiger partial charge on any atom is 0.373 e. The topological polar surface area (TPSA) is 138 Å². The maximum absolute atomic E-state index is 11.6. The zero-order valence-electron chi connectivity index (χ0n) is 28.4. The molecule has 0 aromatic carbocycles. The molecule has 0 saturated heterocycles. The van der Waals surface area contributed by atoms with Crippen LogP contribution in [0.1, 0.15) is 156 Å². The summed E-state index contributed by atoms with van der Waals surface area (Å²) < 4.78 is 11.4. The van der Waals surface area contributed by atoms with Crippen LogP contribution in [0.3, 0.4) is 0 Å². The molecule has 4 N–H and O–H groups in total. The molecule has 0 aromatic heterocycles. The third kappa shape index (κ3) is 28.5. The Kier molecular flexibility index (Phi) is 30.9. The molecule has 0 rings (SSSR count). The first-order valence-corrected chi connectivity index (χ1v) is 18.5. The Morgan fingerprint density at radius 2 is 1.16 bits per heavy atom. The number of quaternary nitrogens is 1. The Labute approximate surface area is 265 Å². The van der Waals surface area contributed by atoms with Gasteiger partial charge < -0.3 is 25.3 Å². The van der Waals surface area contributed by atoms with Crippen molar-refractivity contribution in [3.05, 3.63) is 12.2 Å². The Morgan fingerprint density at radius 3 is 1.56 bits per heavy atom. The average Bonchev–Trinajstić information content (AvgIpc) is 2.95. The van der Waals surface area contributed by atoms with E-state index in [0.717, 1.165) is 19.3 Å². The number of carbonyl (C=O) groups is 1. The van der Waals surface area contributed by atoms with Crippen LogP contribution in [0.2, 0.25) is 0 Å². The number of rotatable bonds is 28. The summed E-state index contributed by atoms with van der Waals surface area (Å²) in [5, 5.41) is 36.1. The van der Waals surface area contributed by atoms with Gasteiger partial charge in [-0.2, -0.15) is 0 Å². The second kappa shape index (κ2) is 30.0. The molecule has 4 atom stereocenters. The molecule has 0 aliphatic carbocycles. The van der Waals surface area contributed by atoms with Crippen LogP contribution in [0, 0.1) is 0 Å². The van der Waals surface area contributed by atoms with Gasteiger partial charge in [0.1, 0.15) is 6.10 Å². The van der Waals surface area contributed by atoms with Crippen LogP contribution >= 0.6 is 8.03 Å². The van der Waals surface area contributed by atoms with E-state index in [0.29, 0.717) is 19.4 Å². The Morgan fingerprint density at radius 1 is 0.721 bits per heavy atom.